The van der Waals surface area contributed by atoms with Gasteiger partial charge in [-0.2, -0.15) is 13.5 Å². The molecule has 3 rings (SSSR count). The number of ether oxygens (including phenoxy) is 1. The van der Waals surface area contributed by atoms with E-state index in [9.17, 15) is 8.42 Å². The van der Waals surface area contributed by atoms with Crippen LogP contribution in [-0.4, -0.2) is 31.1 Å². The molecule has 0 radical (unpaired) electrons. The molecule has 1 aromatic heterocycles. The van der Waals surface area contributed by atoms with E-state index in [0.29, 0.717) is 18.8 Å². The van der Waals surface area contributed by atoms with Crippen LogP contribution in [0.4, 0.5) is 0 Å². The molecule has 0 saturated heterocycles. The van der Waals surface area contributed by atoms with Crippen LogP contribution in [0.1, 0.15) is 5.69 Å². The van der Waals surface area contributed by atoms with E-state index in [1.54, 1.807) is 13.0 Å². The van der Waals surface area contributed by atoms with Crippen LogP contribution < -0.4 is 8.92 Å². The van der Waals surface area contributed by atoms with Gasteiger partial charge in [0.15, 0.2) is 0 Å². The van der Waals surface area contributed by atoms with Crippen LogP contribution in [0.25, 0.3) is 10.8 Å². The third kappa shape index (κ3) is 4.05. The Morgan fingerprint density at radius 1 is 1.08 bits per heavy atom. The Kier molecular flexibility index (Phi) is 4.44. The number of fused-ring (bicyclic) bond motifs is 1. The second kappa shape index (κ2) is 6.52. The topological polar surface area (TPSA) is 70.4 Å². The lowest BCUT2D eigenvalue weighted by Gasteiger charge is -2.09. The summed E-state index contributed by atoms with van der Waals surface area (Å²) in [5.41, 5.74) is 0.680. The molecule has 0 aliphatic heterocycles. The van der Waals surface area contributed by atoms with Crippen molar-refractivity contribution in [1.29, 1.82) is 0 Å². The first kappa shape index (κ1) is 16.3. The first-order valence-electron chi connectivity index (χ1n) is 7.46. The molecule has 7 heteroatoms. The Morgan fingerprint density at radius 2 is 1.83 bits per heavy atom. The van der Waals surface area contributed by atoms with Crippen molar-refractivity contribution in [2.45, 2.75) is 13.5 Å². The zero-order valence-corrected chi connectivity index (χ0v) is 14.3. The number of benzene rings is 2. The van der Waals surface area contributed by atoms with Gasteiger partial charge in [0.1, 0.15) is 12.4 Å². The van der Waals surface area contributed by atoms with E-state index in [1.807, 2.05) is 42.5 Å². The normalized spacial score (nSPS) is 11.6. The van der Waals surface area contributed by atoms with Crippen LogP contribution in [0.15, 0.2) is 48.5 Å². The zero-order chi connectivity index (χ0) is 17.2. The fraction of sp³-hybridized carbons (Fsp3) is 0.235. The number of hydrogen-bond acceptors (Lipinski definition) is 5. The molecular formula is C17H18N2O4S. The average molecular weight is 346 g/mol. The highest BCUT2D eigenvalue weighted by molar-refractivity contribution is 7.86. The Morgan fingerprint density at radius 3 is 2.58 bits per heavy atom. The van der Waals surface area contributed by atoms with Gasteiger partial charge in [-0.15, -0.1) is 0 Å². The smallest absolute Gasteiger partial charge is 0.307 e. The van der Waals surface area contributed by atoms with Gasteiger partial charge in [-0.05, 0) is 29.8 Å². The molecule has 0 amide bonds. The highest BCUT2D eigenvalue weighted by Gasteiger charge is 2.12. The van der Waals surface area contributed by atoms with Crippen LogP contribution in [0.2, 0.25) is 0 Å². The fourth-order valence-corrected chi connectivity index (χ4v) is 2.86. The number of rotatable bonds is 6. The summed E-state index contributed by atoms with van der Waals surface area (Å²) in [6.45, 7) is 2.50. The van der Waals surface area contributed by atoms with E-state index in [0.717, 1.165) is 22.8 Å². The molecule has 3 aromatic rings. The monoisotopic (exact) mass is 346 g/mol. The van der Waals surface area contributed by atoms with Gasteiger partial charge in [0.25, 0.3) is 0 Å². The van der Waals surface area contributed by atoms with E-state index in [1.165, 1.54) is 4.68 Å². The van der Waals surface area contributed by atoms with Crippen LogP contribution in [0, 0.1) is 6.92 Å². The molecule has 1 heterocycles. The lowest BCUT2D eigenvalue weighted by molar-refractivity contribution is 0.284. The molecule has 0 N–H and O–H groups in total. The molecule has 0 spiro atoms. The summed E-state index contributed by atoms with van der Waals surface area (Å²) in [4.78, 5) is 0. The summed E-state index contributed by atoms with van der Waals surface area (Å²) >= 11 is 0. The third-order valence-corrected chi connectivity index (χ3v) is 3.87. The van der Waals surface area contributed by atoms with Crippen molar-refractivity contribution in [2.24, 2.45) is 0 Å². The van der Waals surface area contributed by atoms with Gasteiger partial charge in [-0.1, -0.05) is 30.3 Å². The van der Waals surface area contributed by atoms with Gasteiger partial charge in [0.2, 0.25) is 5.88 Å². The van der Waals surface area contributed by atoms with E-state index < -0.39 is 10.1 Å². The lowest BCUT2D eigenvalue weighted by atomic mass is 10.1. The molecule has 0 saturated carbocycles. The molecule has 0 bridgehead atoms. The van der Waals surface area contributed by atoms with Crippen LogP contribution in [0.3, 0.4) is 0 Å². The number of hydrogen-bond donors (Lipinski definition) is 0. The molecular weight excluding hydrogens is 328 g/mol. The summed E-state index contributed by atoms with van der Waals surface area (Å²) in [5, 5.41) is 6.48. The Hall–Kier alpha value is -2.54. The SMILES string of the molecule is Cc1cc(OS(C)(=O)=O)n(CCOc2ccc3ccccc3c2)n1. The minimum absolute atomic E-state index is 0.192. The summed E-state index contributed by atoms with van der Waals surface area (Å²) in [5.74, 6) is 0.945. The van der Waals surface area contributed by atoms with Gasteiger partial charge in [0.05, 0.1) is 18.5 Å². The Labute approximate surface area is 140 Å². The van der Waals surface area contributed by atoms with Crippen molar-refractivity contribution in [3.8, 4) is 11.6 Å². The molecule has 0 unspecified atom stereocenters. The minimum atomic E-state index is -3.59. The quantitative estimate of drug-likeness (QED) is 0.642. The van der Waals surface area contributed by atoms with Gasteiger partial charge < -0.3 is 8.92 Å². The maximum absolute atomic E-state index is 11.3. The minimum Gasteiger partial charge on any atom is -0.492 e. The molecule has 0 atom stereocenters. The van der Waals surface area contributed by atoms with E-state index in [4.69, 9.17) is 8.92 Å². The predicted molar refractivity (Wildman–Crippen MR) is 91.9 cm³/mol. The number of nitrogens with zero attached hydrogens (tertiary/aromatic N) is 2. The summed E-state index contributed by atoms with van der Waals surface area (Å²) < 4.78 is 34.7. The molecule has 2 aromatic carbocycles. The third-order valence-electron chi connectivity index (χ3n) is 3.39. The van der Waals surface area contributed by atoms with Crippen molar-refractivity contribution in [2.75, 3.05) is 12.9 Å². The second-order valence-electron chi connectivity index (χ2n) is 5.49. The lowest BCUT2D eigenvalue weighted by Crippen LogP contribution is -2.14. The number of aryl methyl sites for hydroxylation is 1. The van der Waals surface area contributed by atoms with Gasteiger partial charge >= 0.3 is 10.1 Å². The molecule has 0 aliphatic carbocycles. The Bertz CT molecular complexity index is 964. The molecule has 0 fully saturated rings. The molecule has 0 aliphatic rings. The van der Waals surface area contributed by atoms with E-state index in [-0.39, 0.29) is 5.88 Å². The van der Waals surface area contributed by atoms with E-state index in [2.05, 4.69) is 5.10 Å². The standard InChI is InChI=1S/C17H18N2O4S/c1-13-11-17(23-24(2,20)21)19(18-13)9-10-22-16-8-7-14-5-3-4-6-15(14)12-16/h3-8,11-12H,9-10H2,1-2H3. The van der Waals surface area contributed by atoms with E-state index >= 15 is 0 Å². The first-order chi connectivity index (χ1) is 11.4. The van der Waals surface area contributed by atoms with Crippen molar-refractivity contribution in [3.05, 3.63) is 54.2 Å². The van der Waals surface area contributed by atoms with Crippen molar-refractivity contribution < 1.29 is 17.3 Å². The fourth-order valence-electron chi connectivity index (χ4n) is 2.41. The second-order valence-corrected chi connectivity index (χ2v) is 7.07. The number of aromatic nitrogens is 2. The van der Waals surface area contributed by atoms with Gasteiger partial charge in [-0.3, -0.25) is 0 Å². The van der Waals surface area contributed by atoms with Crippen LogP contribution in [0.5, 0.6) is 11.6 Å². The maximum atomic E-state index is 11.3. The molecule has 6 nitrogen and oxygen atoms in total. The predicted octanol–water partition coefficient (Wildman–Crippen LogP) is 2.76. The van der Waals surface area contributed by atoms with Crippen LogP contribution in [-0.2, 0) is 16.7 Å². The zero-order valence-electron chi connectivity index (χ0n) is 13.5. The van der Waals surface area contributed by atoms with Crippen molar-refractivity contribution in [3.63, 3.8) is 0 Å². The summed E-state index contributed by atoms with van der Waals surface area (Å²) in [6, 6.07) is 15.5. The largest absolute Gasteiger partial charge is 0.492 e. The van der Waals surface area contributed by atoms with Gasteiger partial charge in [0, 0.05) is 6.07 Å². The first-order valence-corrected chi connectivity index (χ1v) is 9.28. The summed E-state index contributed by atoms with van der Waals surface area (Å²) in [7, 11) is -3.59. The highest BCUT2D eigenvalue weighted by atomic mass is 32.2. The van der Waals surface area contributed by atoms with Crippen molar-refractivity contribution in [1.82, 2.24) is 9.78 Å². The van der Waals surface area contributed by atoms with Gasteiger partial charge in [-0.25, -0.2) is 4.68 Å². The summed E-state index contributed by atoms with van der Waals surface area (Å²) in [6.07, 6.45) is 1.01. The van der Waals surface area contributed by atoms with Crippen molar-refractivity contribution >= 4 is 20.9 Å². The van der Waals surface area contributed by atoms with Crippen LogP contribution >= 0.6 is 0 Å². The molecule has 126 valence electrons. The molecule has 24 heavy (non-hydrogen) atoms. The Balaban J connectivity index is 1.67. The average Bonchev–Trinajstić information content (AvgIpc) is 2.85. The maximum Gasteiger partial charge on any atom is 0.307 e. The highest BCUT2D eigenvalue weighted by Crippen LogP contribution is 2.21.